The number of benzene rings is 1. The molecule has 84 valence electrons. The molecule has 5 heteroatoms. The van der Waals surface area contributed by atoms with Gasteiger partial charge in [-0.3, -0.25) is 4.79 Å². The Morgan fingerprint density at radius 1 is 1.44 bits per heavy atom. The van der Waals surface area contributed by atoms with E-state index in [9.17, 15) is 4.79 Å². The molecule has 1 heterocycles. The summed E-state index contributed by atoms with van der Waals surface area (Å²) in [5, 5.41) is 2.64. The Labute approximate surface area is 104 Å². The van der Waals surface area contributed by atoms with Crippen LogP contribution in [0.2, 0.25) is 0 Å². The molecule has 1 N–H and O–H groups in total. The topological polar surface area (TPSA) is 38.3 Å². The van der Waals surface area contributed by atoms with Crippen LogP contribution >= 0.6 is 23.8 Å². The lowest BCUT2D eigenvalue weighted by Crippen LogP contribution is -2.19. The van der Waals surface area contributed by atoms with Gasteiger partial charge < -0.3 is 10.1 Å². The van der Waals surface area contributed by atoms with Gasteiger partial charge in [-0.1, -0.05) is 42.0 Å². The minimum absolute atomic E-state index is 0.124. The second-order valence-electron chi connectivity index (χ2n) is 3.39. The molecule has 1 aliphatic heterocycles. The highest BCUT2D eigenvalue weighted by Gasteiger charge is 2.25. The van der Waals surface area contributed by atoms with Crippen molar-refractivity contribution in [2.45, 2.75) is 6.42 Å². The van der Waals surface area contributed by atoms with Crippen molar-refractivity contribution in [3.63, 3.8) is 0 Å². The second kappa shape index (κ2) is 4.91. The Balaban J connectivity index is 2.27. The van der Waals surface area contributed by atoms with Crippen molar-refractivity contribution in [1.29, 1.82) is 0 Å². The van der Waals surface area contributed by atoms with E-state index in [1.807, 2.05) is 18.2 Å². The molecule has 0 radical (unpaired) electrons. The molecular formula is C11H10ClNO2S. The summed E-state index contributed by atoms with van der Waals surface area (Å²) in [7, 11) is 0. The van der Waals surface area contributed by atoms with Crippen LogP contribution in [0.15, 0.2) is 18.2 Å². The van der Waals surface area contributed by atoms with Gasteiger partial charge in [0.1, 0.15) is 11.1 Å². The molecule has 0 unspecified atom stereocenters. The van der Waals surface area contributed by atoms with Gasteiger partial charge in [-0.2, -0.15) is 0 Å². The van der Waals surface area contributed by atoms with Gasteiger partial charge in [-0.25, -0.2) is 0 Å². The summed E-state index contributed by atoms with van der Waals surface area (Å²) >= 11 is 10.5. The van der Waals surface area contributed by atoms with Gasteiger partial charge in [-0.15, -0.1) is 0 Å². The van der Waals surface area contributed by atoms with Gasteiger partial charge in [0.25, 0.3) is 5.91 Å². The number of nitrogens with one attached hydrogen (secondary N) is 1. The van der Waals surface area contributed by atoms with Crippen LogP contribution in [0.4, 0.5) is 0 Å². The molecule has 0 saturated carbocycles. The fourth-order valence-corrected chi connectivity index (χ4v) is 2.11. The summed E-state index contributed by atoms with van der Waals surface area (Å²) in [6.07, 6.45) is 0.659. The fraction of sp³-hybridized carbons (Fsp3) is 0.273. The number of alkyl halides is 1. The van der Waals surface area contributed by atoms with Gasteiger partial charge in [0, 0.05) is 5.56 Å². The van der Waals surface area contributed by atoms with Gasteiger partial charge in [0.2, 0.25) is 0 Å². The van der Waals surface area contributed by atoms with E-state index >= 15 is 0 Å². The van der Waals surface area contributed by atoms with Crippen molar-refractivity contribution in [3.8, 4) is 0 Å². The molecule has 1 aromatic carbocycles. The van der Waals surface area contributed by atoms with Crippen molar-refractivity contribution < 1.29 is 9.53 Å². The predicted octanol–water partition coefficient (Wildman–Crippen LogP) is 1.86. The van der Waals surface area contributed by atoms with Crippen molar-refractivity contribution in [3.05, 3.63) is 34.9 Å². The lowest BCUT2D eigenvalue weighted by molar-refractivity contribution is 0.0982. The monoisotopic (exact) mass is 255 g/mol. The first-order valence-electron chi connectivity index (χ1n) is 4.85. The van der Waals surface area contributed by atoms with Gasteiger partial charge in [-0.05, 0) is 12.0 Å². The van der Waals surface area contributed by atoms with Crippen LogP contribution in [0.1, 0.15) is 21.5 Å². The molecule has 2 rings (SSSR count). The molecule has 16 heavy (non-hydrogen) atoms. The van der Waals surface area contributed by atoms with E-state index in [0.717, 1.165) is 11.1 Å². The van der Waals surface area contributed by atoms with Crippen LogP contribution in [0.5, 0.6) is 0 Å². The van der Waals surface area contributed by atoms with Gasteiger partial charge in [0.15, 0.2) is 0 Å². The van der Waals surface area contributed by atoms with E-state index in [0.29, 0.717) is 23.6 Å². The number of fused-ring (bicyclic) bond motifs is 1. The van der Waals surface area contributed by atoms with E-state index in [1.165, 1.54) is 0 Å². The van der Waals surface area contributed by atoms with Crippen molar-refractivity contribution in [1.82, 2.24) is 5.32 Å². The molecule has 0 spiro atoms. The summed E-state index contributed by atoms with van der Waals surface area (Å²) < 4.78 is 5.06. The number of hydrogen-bond donors (Lipinski definition) is 1. The molecule has 0 atom stereocenters. The standard InChI is InChI=1S/C11H10ClNO2S/c12-6-15-5-4-7-2-1-3-8-9(7)10(14)13-11(8)16/h1-3H,4-6H2,(H,13,14,16). The molecule has 3 nitrogen and oxygen atoms in total. The molecule has 0 saturated heterocycles. The normalized spacial score (nSPS) is 13.8. The number of rotatable bonds is 4. The molecule has 0 aliphatic carbocycles. The van der Waals surface area contributed by atoms with E-state index < -0.39 is 0 Å². The summed E-state index contributed by atoms with van der Waals surface area (Å²) in [5.74, 6) is -0.124. The zero-order valence-corrected chi connectivity index (χ0v) is 10.0. The van der Waals surface area contributed by atoms with Crippen LogP contribution in [-0.4, -0.2) is 23.6 Å². The first kappa shape index (κ1) is 11.5. The maximum absolute atomic E-state index is 11.7. The summed E-state index contributed by atoms with van der Waals surface area (Å²) in [6.45, 7) is 0.500. The Kier molecular flexibility index (Phi) is 3.53. The third-order valence-electron chi connectivity index (χ3n) is 2.44. The smallest absolute Gasteiger partial charge is 0.257 e. The van der Waals surface area contributed by atoms with Crippen LogP contribution in [0, 0.1) is 0 Å². The molecule has 1 aliphatic rings. The van der Waals surface area contributed by atoms with Crippen LogP contribution in [-0.2, 0) is 11.2 Å². The van der Waals surface area contributed by atoms with Crippen LogP contribution in [0.25, 0.3) is 0 Å². The first-order chi connectivity index (χ1) is 7.74. The number of halogens is 1. The van der Waals surface area contributed by atoms with E-state index in [-0.39, 0.29) is 12.0 Å². The second-order valence-corrected chi connectivity index (χ2v) is 4.02. The highest BCUT2D eigenvalue weighted by atomic mass is 35.5. The van der Waals surface area contributed by atoms with E-state index in [1.54, 1.807) is 0 Å². The van der Waals surface area contributed by atoms with Gasteiger partial charge >= 0.3 is 0 Å². The average Bonchev–Trinajstić information content (AvgIpc) is 2.56. The highest BCUT2D eigenvalue weighted by Crippen LogP contribution is 2.21. The Bertz CT molecular complexity index is 448. The number of carbonyl (C=O) groups excluding carboxylic acids is 1. The SMILES string of the molecule is O=C1NC(=S)c2cccc(CCOCCl)c21. The molecular weight excluding hydrogens is 246 g/mol. The highest BCUT2D eigenvalue weighted by molar-refractivity contribution is 7.80. The largest absolute Gasteiger partial charge is 0.365 e. The maximum Gasteiger partial charge on any atom is 0.257 e. The third kappa shape index (κ3) is 2.09. The minimum Gasteiger partial charge on any atom is -0.365 e. The third-order valence-corrected chi connectivity index (χ3v) is 2.92. The molecule has 1 aromatic rings. The number of ether oxygens (including phenoxy) is 1. The lowest BCUT2D eigenvalue weighted by atomic mass is 10.0. The minimum atomic E-state index is -0.124. The zero-order chi connectivity index (χ0) is 11.5. The number of amides is 1. The average molecular weight is 256 g/mol. The number of hydrogen-bond acceptors (Lipinski definition) is 3. The van der Waals surface area contributed by atoms with E-state index in [2.05, 4.69) is 5.32 Å². The Hall–Kier alpha value is -0.970. The molecule has 0 fully saturated rings. The Morgan fingerprint density at radius 2 is 2.25 bits per heavy atom. The maximum atomic E-state index is 11.7. The summed E-state index contributed by atoms with van der Waals surface area (Å²) in [4.78, 5) is 12.2. The van der Waals surface area contributed by atoms with Crippen molar-refractivity contribution in [2.75, 3.05) is 12.7 Å². The van der Waals surface area contributed by atoms with Crippen LogP contribution < -0.4 is 5.32 Å². The summed E-state index contributed by atoms with van der Waals surface area (Å²) in [6, 6.07) is 5.81. The van der Waals surface area contributed by atoms with E-state index in [4.69, 9.17) is 28.6 Å². The predicted molar refractivity (Wildman–Crippen MR) is 66.0 cm³/mol. The fourth-order valence-electron chi connectivity index (χ4n) is 1.74. The summed E-state index contributed by atoms with van der Waals surface area (Å²) in [5.41, 5.74) is 2.43. The number of carbonyl (C=O) groups is 1. The van der Waals surface area contributed by atoms with Crippen LogP contribution in [0.3, 0.4) is 0 Å². The molecule has 0 bridgehead atoms. The Morgan fingerprint density at radius 3 is 3.00 bits per heavy atom. The quantitative estimate of drug-likeness (QED) is 0.507. The van der Waals surface area contributed by atoms with Crippen molar-refractivity contribution in [2.24, 2.45) is 0 Å². The molecule has 0 aromatic heterocycles. The zero-order valence-electron chi connectivity index (χ0n) is 8.46. The van der Waals surface area contributed by atoms with Crippen molar-refractivity contribution >= 4 is 34.7 Å². The number of thiocarbonyl (C=S) groups is 1. The van der Waals surface area contributed by atoms with Gasteiger partial charge in [0.05, 0.1) is 12.2 Å². The molecule has 1 amide bonds. The lowest BCUT2D eigenvalue weighted by Gasteiger charge is -2.05. The first-order valence-corrected chi connectivity index (χ1v) is 5.79.